The topological polar surface area (TPSA) is 138 Å². The highest BCUT2D eigenvalue weighted by Crippen LogP contribution is 2.37. The van der Waals surface area contributed by atoms with Crippen molar-refractivity contribution >= 4 is 17.3 Å². The molecule has 0 aliphatic heterocycles. The Morgan fingerprint density at radius 1 is 1.32 bits per heavy atom. The predicted molar refractivity (Wildman–Crippen MR) is 113 cm³/mol. The number of nitroso groups, excluding NO2 is 1. The van der Waals surface area contributed by atoms with E-state index in [9.17, 15) is 15.0 Å². The van der Waals surface area contributed by atoms with Crippen LogP contribution in [-0.2, 0) is 11.3 Å². The molecule has 1 unspecified atom stereocenters. The molecule has 1 saturated carbocycles. The van der Waals surface area contributed by atoms with Crippen LogP contribution in [0, 0.1) is 22.2 Å². The first kappa shape index (κ1) is 20.5. The first-order valence-electron chi connectivity index (χ1n) is 10.3. The van der Waals surface area contributed by atoms with Crippen LogP contribution in [0.25, 0.3) is 16.6 Å². The van der Waals surface area contributed by atoms with Gasteiger partial charge in [-0.3, -0.25) is 9.48 Å². The fourth-order valence-electron chi connectivity index (χ4n) is 4.48. The van der Waals surface area contributed by atoms with Gasteiger partial charge in [-0.15, -0.1) is 0 Å². The maximum atomic E-state index is 11.0. The molecule has 0 bridgehead atoms. The van der Waals surface area contributed by atoms with Crippen molar-refractivity contribution in [1.29, 1.82) is 5.26 Å². The van der Waals surface area contributed by atoms with Crippen molar-refractivity contribution < 1.29 is 9.90 Å². The molecule has 1 aliphatic carbocycles. The van der Waals surface area contributed by atoms with Gasteiger partial charge in [-0.1, -0.05) is 18.0 Å². The first-order valence-corrected chi connectivity index (χ1v) is 10.3. The Kier molecular flexibility index (Phi) is 5.93. The van der Waals surface area contributed by atoms with Gasteiger partial charge in [0.05, 0.1) is 36.4 Å². The minimum atomic E-state index is -0.978. The molecule has 0 spiro atoms. The summed E-state index contributed by atoms with van der Waals surface area (Å²) in [6.45, 7) is -0.284. The molecular formula is C21H23N7O3. The number of anilines is 1. The van der Waals surface area contributed by atoms with Gasteiger partial charge in [-0.25, -0.2) is 4.52 Å². The van der Waals surface area contributed by atoms with Gasteiger partial charge in [0.1, 0.15) is 18.9 Å². The van der Waals surface area contributed by atoms with Crippen LogP contribution in [0.15, 0.2) is 35.9 Å². The van der Waals surface area contributed by atoms with Gasteiger partial charge in [0.15, 0.2) is 0 Å². The minimum Gasteiger partial charge on any atom is -0.480 e. The van der Waals surface area contributed by atoms with Crippen molar-refractivity contribution in [3.05, 3.63) is 41.2 Å². The van der Waals surface area contributed by atoms with Gasteiger partial charge in [0.25, 0.3) is 0 Å². The molecule has 31 heavy (non-hydrogen) atoms. The monoisotopic (exact) mass is 421 g/mol. The largest absolute Gasteiger partial charge is 0.480 e. The van der Waals surface area contributed by atoms with Gasteiger partial charge in [-0.2, -0.15) is 20.4 Å². The molecule has 10 heteroatoms. The number of aromatic nitrogens is 4. The molecule has 160 valence electrons. The average Bonchev–Trinajstić information content (AvgIpc) is 3.51. The lowest BCUT2D eigenvalue weighted by molar-refractivity contribution is -0.134. The van der Waals surface area contributed by atoms with Crippen LogP contribution in [0.4, 0.5) is 5.82 Å². The third kappa shape index (κ3) is 4.12. The Bertz CT molecular complexity index is 1140. The van der Waals surface area contributed by atoms with Crippen molar-refractivity contribution in [2.75, 3.05) is 11.9 Å². The van der Waals surface area contributed by atoms with Crippen LogP contribution < -0.4 is 5.32 Å². The van der Waals surface area contributed by atoms with E-state index in [2.05, 4.69) is 26.8 Å². The highest BCUT2D eigenvalue weighted by molar-refractivity contribution is 5.84. The van der Waals surface area contributed by atoms with Crippen LogP contribution in [0.5, 0.6) is 0 Å². The summed E-state index contributed by atoms with van der Waals surface area (Å²) in [5.41, 5.74) is 2.94. The zero-order valence-corrected chi connectivity index (χ0v) is 16.9. The zero-order chi connectivity index (χ0) is 21.8. The van der Waals surface area contributed by atoms with Gasteiger partial charge >= 0.3 is 5.97 Å². The molecular weight excluding hydrogens is 398 g/mol. The average molecular weight is 421 g/mol. The zero-order valence-electron chi connectivity index (χ0n) is 16.9. The molecule has 0 aromatic carbocycles. The Labute approximate surface area is 178 Å². The van der Waals surface area contributed by atoms with Crippen molar-refractivity contribution in [2.45, 2.75) is 44.7 Å². The number of nitrogens with zero attached hydrogens (tertiary/aromatic N) is 6. The second kappa shape index (κ2) is 8.95. The number of aliphatic carboxylic acids is 1. The number of nitriles is 1. The molecule has 1 fully saturated rings. The third-order valence-corrected chi connectivity index (χ3v) is 5.89. The number of rotatable bonds is 9. The molecule has 3 heterocycles. The van der Waals surface area contributed by atoms with Gasteiger partial charge in [0.2, 0.25) is 0 Å². The van der Waals surface area contributed by atoms with Gasteiger partial charge in [-0.05, 0) is 30.9 Å². The summed E-state index contributed by atoms with van der Waals surface area (Å²) in [7, 11) is 0. The Morgan fingerprint density at radius 2 is 2.13 bits per heavy atom. The SMILES string of the molecule is N#CCC(C1CCCC1)n1cc(-c2c(CN=O)cnn3c(NCC(=O)O)ccc23)cn1. The molecule has 0 radical (unpaired) electrons. The molecule has 3 aromatic rings. The van der Waals surface area contributed by atoms with E-state index in [0.29, 0.717) is 29.2 Å². The molecule has 4 rings (SSSR count). The number of nitrogens with one attached hydrogen (secondary N) is 1. The van der Waals surface area contributed by atoms with E-state index < -0.39 is 5.97 Å². The van der Waals surface area contributed by atoms with E-state index in [4.69, 9.17) is 5.11 Å². The lowest BCUT2D eigenvalue weighted by Gasteiger charge is -2.21. The second-order valence-electron chi connectivity index (χ2n) is 7.78. The first-order chi connectivity index (χ1) is 15.1. The second-order valence-corrected chi connectivity index (χ2v) is 7.78. The molecule has 0 amide bonds. The number of fused-ring (bicyclic) bond motifs is 1. The fraction of sp³-hybridized carbons (Fsp3) is 0.429. The Balaban J connectivity index is 1.75. The van der Waals surface area contributed by atoms with E-state index in [1.165, 1.54) is 12.8 Å². The van der Waals surface area contributed by atoms with E-state index in [1.54, 1.807) is 23.0 Å². The van der Waals surface area contributed by atoms with Crippen LogP contribution >= 0.6 is 0 Å². The lowest BCUT2D eigenvalue weighted by atomic mass is 9.96. The highest BCUT2D eigenvalue weighted by atomic mass is 16.4. The highest BCUT2D eigenvalue weighted by Gasteiger charge is 2.27. The Morgan fingerprint density at radius 3 is 2.84 bits per heavy atom. The summed E-state index contributed by atoms with van der Waals surface area (Å²) in [6.07, 6.45) is 10.2. The third-order valence-electron chi connectivity index (χ3n) is 5.89. The molecule has 1 aliphatic rings. The number of hydrogen-bond acceptors (Lipinski definition) is 7. The van der Waals surface area contributed by atoms with Crippen LogP contribution in [0.3, 0.4) is 0 Å². The number of hydrogen-bond donors (Lipinski definition) is 2. The summed E-state index contributed by atoms with van der Waals surface area (Å²) in [4.78, 5) is 21.9. The van der Waals surface area contributed by atoms with E-state index in [-0.39, 0.29) is 19.1 Å². The summed E-state index contributed by atoms with van der Waals surface area (Å²) < 4.78 is 3.48. The summed E-state index contributed by atoms with van der Waals surface area (Å²) in [5.74, 6) is -0.0141. The maximum Gasteiger partial charge on any atom is 0.322 e. The number of carbonyl (C=O) groups is 1. The smallest absolute Gasteiger partial charge is 0.322 e. The number of carboxylic acid groups (broad SMARTS) is 1. The van der Waals surface area contributed by atoms with Crippen LogP contribution in [-0.4, -0.2) is 37.0 Å². The molecule has 10 nitrogen and oxygen atoms in total. The summed E-state index contributed by atoms with van der Waals surface area (Å²) in [6, 6.07) is 5.88. The van der Waals surface area contributed by atoms with Crippen molar-refractivity contribution in [1.82, 2.24) is 19.4 Å². The minimum absolute atomic E-state index is 0.0198. The van der Waals surface area contributed by atoms with Crippen molar-refractivity contribution in [2.24, 2.45) is 11.1 Å². The quantitative estimate of drug-likeness (QED) is 0.503. The van der Waals surface area contributed by atoms with E-state index >= 15 is 0 Å². The molecule has 3 aromatic heterocycles. The lowest BCUT2D eigenvalue weighted by Crippen LogP contribution is -2.17. The van der Waals surface area contributed by atoms with Gasteiger partial charge in [0, 0.05) is 22.9 Å². The fourth-order valence-corrected chi connectivity index (χ4v) is 4.48. The molecule has 2 N–H and O–H groups in total. The van der Waals surface area contributed by atoms with Crippen molar-refractivity contribution in [3.63, 3.8) is 0 Å². The Hall–Kier alpha value is -3.74. The van der Waals surface area contributed by atoms with Crippen LogP contribution in [0.2, 0.25) is 0 Å². The maximum absolute atomic E-state index is 11.0. The van der Waals surface area contributed by atoms with E-state index in [1.807, 2.05) is 16.9 Å². The summed E-state index contributed by atoms with van der Waals surface area (Å²) in [5, 5.41) is 33.1. The normalized spacial score (nSPS) is 15.1. The molecule has 0 saturated heterocycles. The van der Waals surface area contributed by atoms with Crippen LogP contribution in [0.1, 0.15) is 43.7 Å². The standard InChI is InChI=1S/C21H23N7O3/c22-8-7-17(14-3-1-2-4-14)27-13-16(10-24-27)21-15(11-26-31)9-25-28-18(21)5-6-19(28)23-12-20(29)30/h5-6,9-10,13-14,17,23H,1-4,7,11-12H2,(H,29,30). The van der Waals surface area contributed by atoms with E-state index in [0.717, 1.165) is 24.0 Å². The van der Waals surface area contributed by atoms with Crippen molar-refractivity contribution in [3.8, 4) is 17.2 Å². The number of carboxylic acids is 1. The predicted octanol–water partition coefficient (Wildman–Crippen LogP) is 3.61. The summed E-state index contributed by atoms with van der Waals surface area (Å²) >= 11 is 0. The van der Waals surface area contributed by atoms with Gasteiger partial charge < -0.3 is 10.4 Å². The molecule has 1 atom stereocenters.